The minimum atomic E-state index is -0.860. The van der Waals surface area contributed by atoms with E-state index < -0.39 is 11.2 Å². The van der Waals surface area contributed by atoms with E-state index >= 15 is 0 Å². The topological polar surface area (TPSA) is 40.5 Å². The fraction of sp³-hybridized carbons (Fsp3) is 0.538. The summed E-state index contributed by atoms with van der Waals surface area (Å²) in [4.78, 5) is 0. The van der Waals surface area contributed by atoms with Crippen LogP contribution >= 0.6 is 0 Å². The zero-order valence-corrected chi connectivity index (χ0v) is 9.70. The smallest absolute Gasteiger partial charge is 0.0869 e. The quantitative estimate of drug-likeness (QED) is 0.798. The van der Waals surface area contributed by atoms with E-state index in [1.54, 1.807) is 20.8 Å². The van der Waals surface area contributed by atoms with Crippen molar-refractivity contribution < 1.29 is 10.2 Å². The lowest BCUT2D eigenvalue weighted by Gasteiger charge is -2.27. The van der Waals surface area contributed by atoms with E-state index in [4.69, 9.17) is 0 Å². The molecule has 1 rings (SSSR count). The van der Waals surface area contributed by atoms with Gasteiger partial charge in [-0.15, -0.1) is 0 Å². The third-order valence-corrected chi connectivity index (χ3v) is 2.62. The number of hydrogen-bond donors (Lipinski definition) is 2. The largest absolute Gasteiger partial charge is 0.390 e. The maximum atomic E-state index is 10.2. The van der Waals surface area contributed by atoms with Gasteiger partial charge in [-0.25, -0.2) is 0 Å². The normalized spacial score (nSPS) is 16.1. The number of benzene rings is 1. The minimum absolute atomic E-state index is 0.556. The van der Waals surface area contributed by atoms with Crippen LogP contribution in [0.2, 0.25) is 0 Å². The van der Waals surface area contributed by atoms with E-state index in [0.29, 0.717) is 12.8 Å². The van der Waals surface area contributed by atoms with Crippen molar-refractivity contribution in [3.63, 3.8) is 0 Å². The zero-order valence-electron chi connectivity index (χ0n) is 9.70. The van der Waals surface area contributed by atoms with Crippen molar-refractivity contribution in [3.05, 3.63) is 35.9 Å². The summed E-state index contributed by atoms with van der Waals surface area (Å²) in [7, 11) is 0. The van der Waals surface area contributed by atoms with E-state index in [9.17, 15) is 10.2 Å². The number of hydrogen-bond acceptors (Lipinski definition) is 2. The molecule has 0 aliphatic heterocycles. The summed E-state index contributed by atoms with van der Waals surface area (Å²) in [6.07, 6.45) is 1.13. The van der Waals surface area contributed by atoms with Crippen LogP contribution in [0.1, 0.15) is 39.2 Å². The first-order chi connectivity index (χ1) is 6.81. The zero-order chi connectivity index (χ0) is 11.5. The average Bonchev–Trinajstić information content (AvgIpc) is 2.16. The molecule has 2 heteroatoms. The maximum absolute atomic E-state index is 10.2. The van der Waals surface area contributed by atoms with Crippen LogP contribution in [0.4, 0.5) is 0 Å². The Morgan fingerprint density at radius 2 is 1.47 bits per heavy atom. The highest BCUT2D eigenvalue weighted by atomic mass is 16.3. The molecule has 0 amide bonds. The molecule has 0 bridgehead atoms. The van der Waals surface area contributed by atoms with Crippen molar-refractivity contribution in [1.29, 1.82) is 0 Å². The van der Waals surface area contributed by atoms with E-state index in [1.807, 2.05) is 30.3 Å². The van der Waals surface area contributed by atoms with Gasteiger partial charge in [0.1, 0.15) is 0 Å². The minimum Gasteiger partial charge on any atom is -0.390 e. The summed E-state index contributed by atoms with van der Waals surface area (Å²) >= 11 is 0. The first-order valence-electron chi connectivity index (χ1n) is 5.32. The summed E-state index contributed by atoms with van der Waals surface area (Å²) in [6, 6.07) is 9.56. The lowest BCUT2D eigenvalue weighted by atomic mass is 9.87. The second-order valence-electron chi connectivity index (χ2n) is 4.95. The Morgan fingerprint density at radius 3 is 1.93 bits per heavy atom. The Bertz CT molecular complexity index is 296. The van der Waals surface area contributed by atoms with E-state index in [2.05, 4.69) is 0 Å². The van der Waals surface area contributed by atoms with E-state index in [1.165, 1.54) is 0 Å². The van der Waals surface area contributed by atoms with Gasteiger partial charge < -0.3 is 10.2 Å². The Hall–Kier alpha value is -0.860. The average molecular weight is 208 g/mol. The molecule has 0 fully saturated rings. The summed E-state index contributed by atoms with van der Waals surface area (Å²) in [5, 5.41) is 19.9. The lowest BCUT2D eigenvalue weighted by Crippen LogP contribution is -2.27. The second-order valence-corrected chi connectivity index (χ2v) is 4.95. The summed E-state index contributed by atoms with van der Waals surface area (Å²) in [6.45, 7) is 5.30. The first kappa shape index (κ1) is 12.2. The monoisotopic (exact) mass is 208 g/mol. The van der Waals surface area contributed by atoms with Gasteiger partial charge in [0.15, 0.2) is 0 Å². The van der Waals surface area contributed by atoms with Gasteiger partial charge in [0.25, 0.3) is 0 Å². The molecular formula is C13H20O2. The van der Waals surface area contributed by atoms with Crippen LogP contribution in [0.15, 0.2) is 30.3 Å². The Labute approximate surface area is 91.6 Å². The lowest BCUT2D eigenvalue weighted by molar-refractivity contribution is 0.00348. The molecule has 0 saturated heterocycles. The van der Waals surface area contributed by atoms with Gasteiger partial charge in [-0.3, -0.25) is 0 Å². The Kier molecular flexibility index (Phi) is 3.53. The summed E-state index contributed by atoms with van der Waals surface area (Å²) < 4.78 is 0. The van der Waals surface area contributed by atoms with Gasteiger partial charge >= 0.3 is 0 Å². The molecule has 1 aromatic carbocycles. The van der Waals surface area contributed by atoms with Crippen molar-refractivity contribution >= 4 is 0 Å². The highest BCUT2D eigenvalue weighted by Crippen LogP contribution is 2.28. The molecule has 1 atom stereocenters. The molecule has 84 valence electrons. The van der Waals surface area contributed by atoms with E-state index in [-0.39, 0.29) is 0 Å². The van der Waals surface area contributed by atoms with Crippen LogP contribution in [0.3, 0.4) is 0 Å². The molecule has 2 N–H and O–H groups in total. The molecule has 0 aliphatic carbocycles. The van der Waals surface area contributed by atoms with Gasteiger partial charge in [-0.2, -0.15) is 0 Å². The van der Waals surface area contributed by atoms with Crippen molar-refractivity contribution in [2.75, 3.05) is 0 Å². The standard InChI is InChI=1S/C13H20O2/c1-12(2,14)9-10-13(3,15)11-7-5-4-6-8-11/h4-8,14-15H,9-10H2,1-3H3. The van der Waals surface area contributed by atoms with Gasteiger partial charge in [0, 0.05) is 0 Å². The van der Waals surface area contributed by atoms with Crippen molar-refractivity contribution in [2.45, 2.75) is 44.8 Å². The van der Waals surface area contributed by atoms with Gasteiger partial charge in [-0.1, -0.05) is 30.3 Å². The van der Waals surface area contributed by atoms with Gasteiger partial charge in [0.05, 0.1) is 11.2 Å². The molecular weight excluding hydrogens is 188 g/mol. The van der Waals surface area contributed by atoms with Crippen molar-refractivity contribution in [3.8, 4) is 0 Å². The summed E-state index contributed by atoms with van der Waals surface area (Å²) in [5.74, 6) is 0. The third kappa shape index (κ3) is 4.02. The van der Waals surface area contributed by atoms with Crippen LogP contribution in [0.5, 0.6) is 0 Å². The summed E-state index contributed by atoms with van der Waals surface area (Å²) in [5.41, 5.74) is -0.686. The molecule has 0 spiro atoms. The Morgan fingerprint density at radius 1 is 0.933 bits per heavy atom. The maximum Gasteiger partial charge on any atom is 0.0869 e. The SMILES string of the molecule is CC(C)(O)CCC(C)(O)c1ccccc1. The second kappa shape index (κ2) is 4.33. The molecule has 0 saturated carbocycles. The third-order valence-electron chi connectivity index (χ3n) is 2.62. The molecule has 0 aliphatic rings. The molecule has 0 aromatic heterocycles. The molecule has 1 aromatic rings. The van der Waals surface area contributed by atoms with Crippen LogP contribution in [0.25, 0.3) is 0 Å². The molecule has 1 unspecified atom stereocenters. The van der Waals surface area contributed by atoms with Crippen LogP contribution in [0, 0.1) is 0 Å². The predicted octanol–water partition coefficient (Wildman–Crippen LogP) is 2.45. The highest BCUT2D eigenvalue weighted by molar-refractivity contribution is 5.21. The van der Waals surface area contributed by atoms with Gasteiger partial charge in [-0.05, 0) is 39.2 Å². The molecule has 0 radical (unpaired) electrons. The molecule has 2 nitrogen and oxygen atoms in total. The molecule has 15 heavy (non-hydrogen) atoms. The van der Waals surface area contributed by atoms with Crippen LogP contribution in [-0.2, 0) is 5.60 Å². The van der Waals surface area contributed by atoms with E-state index in [0.717, 1.165) is 5.56 Å². The van der Waals surface area contributed by atoms with Crippen LogP contribution in [-0.4, -0.2) is 15.8 Å². The van der Waals surface area contributed by atoms with Crippen molar-refractivity contribution in [2.24, 2.45) is 0 Å². The van der Waals surface area contributed by atoms with Crippen LogP contribution < -0.4 is 0 Å². The highest BCUT2D eigenvalue weighted by Gasteiger charge is 2.25. The fourth-order valence-corrected chi connectivity index (χ4v) is 1.49. The Balaban J connectivity index is 2.68. The predicted molar refractivity (Wildman–Crippen MR) is 61.5 cm³/mol. The number of aliphatic hydroxyl groups is 2. The first-order valence-corrected chi connectivity index (χ1v) is 5.32. The van der Waals surface area contributed by atoms with Gasteiger partial charge in [0.2, 0.25) is 0 Å². The fourth-order valence-electron chi connectivity index (χ4n) is 1.49. The molecule has 0 heterocycles. The number of rotatable bonds is 4. The van der Waals surface area contributed by atoms with Crippen molar-refractivity contribution in [1.82, 2.24) is 0 Å².